The predicted octanol–water partition coefficient (Wildman–Crippen LogP) is -1.44. The number of hydrogen-bond donors (Lipinski definition) is 4. The van der Waals surface area contributed by atoms with Crippen molar-refractivity contribution in [2.24, 2.45) is 5.73 Å². The topological polar surface area (TPSA) is 142 Å². The number of nitrogens with two attached hydrogens (primary N) is 1. The summed E-state index contributed by atoms with van der Waals surface area (Å²) in [7, 11) is 0. The first kappa shape index (κ1) is 18.2. The molecule has 24 heavy (non-hydrogen) atoms. The molecule has 0 aromatic carbocycles. The number of aliphatic carboxylic acids is 1. The van der Waals surface area contributed by atoms with E-state index in [1.807, 2.05) is 0 Å². The number of carboxylic acids is 1. The molecule has 0 radical (unpaired) electrons. The van der Waals surface area contributed by atoms with Crippen molar-refractivity contribution in [3.05, 3.63) is 0 Å². The second kappa shape index (κ2) is 8.09. The Kier molecular flexibility index (Phi) is 6.13. The van der Waals surface area contributed by atoms with Gasteiger partial charge >= 0.3 is 5.97 Å². The van der Waals surface area contributed by atoms with Gasteiger partial charge in [-0.25, -0.2) is 4.79 Å². The minimum atomic E-state index is -1.22. The molecule has 2 saturated heterocycles. The highest BCUT2D eigenvalue weighted by Gasteiger charge is 2.38. The molecule has 0 spiro atoms. The van der Waals surface area contributed by atoms with E-state index in [1.165, 1.54) is 4.90 Å². The van der Waals surface area contributed by atoms with Gasteiger partial charge in [0.25, 0.3) is 0 Å². The van der Waals surface area contributed by atoms with Crippen LogP contribution in [0.15, 0.2) is 0 Å². The summed E-state index contributed by atoms with van der Waals surface area (Å²) >= 11 is 0. The van der Waals surface area contributed by atoms with E-state index >= 15 is 0 Å². The number of nitrogens with zero attached hydrogens (tertiary/aromatic N) is 1. The lowest BCUT2D eigenvalue weighted by molar-refractivity contribution is -0.144. The number of carbonyl (C=O) groups excluding carboxylic acids is 3. The van der Waals surface area contributed by atoms with Crippen molar-refractivity contribution < 1.29 is 24.3 Å². The maximum atomic E-state index is 12.5. The molecule has 3 atom stereocenters. The van der Waals surface area contributed by atoms with Crippen LogP contribution in [0.25, 0.3) is 0 Å². The molecule has 3 amide bonds. The molecule has 0 bridgehead atoms. The lowest BCUT2D eigenvalue weighted by atomic mass is 10.1. The van der Waals surface area contributed by atoms with Gasteiger partial charge in [0.1, 0.15) is 12.1 Å². The average molecular weight is 340 g/mol. The summed E-state index contributed by atoms with van der Waals surface area (Å²) < 4.78 is 0. The standard InChI is InChI=1S/C15H24N4O5/c16-12(20)6-5-10(15(23)24)18-13(21)11-4-2-8-19(11)14(22)9-3-1-7-17-9/h9-11,17H,1-8H2,(H2,16,20)(H,18,21)(H,23,24)/t9-,10-,11-/m0/s1. The SMILES string of the molecule is NC(=O)CC[C@H](NC(=O)[C@@H]1CCCN1C(=O)[C@@H]1CCCN1)C(=O)O. The normalized spacial score (nSPS) is 24.6. The van der Waals surface area contributed by atoms with Crippen molar-refractivity contribution in [2.45, 2.75) is 56.7 Å². The Morgan fingerprint density at radius 1 is 1.25 bits per heavy atom. The molecule has 0 aromatic heterocycles. The van der Waals surface area contributed by atoms with Crippen LogP contribution in [0.3, 0.4) is 0 Å². The first-order valence-corrected chi connectivity index (χ1v) is 8.25. The molecule has 9 heteroatoms. The second-order valence-corrected chi connectivity index (χ2v) is 6.24. The van der Waals surface area contributed by atoms with E-state index < -0.39 is 29.9 Å². The Morgan fingerprint density at radius 3 is 2.58 bits per heavy atom. The first-order chi connectivity index (χ1) is 11.4. The molecule has 0 saturated carbocycles. The minimum absolute atomic E-state index is 0.0682. The Balaban J connectivity index is 1.97. The largest absolute Gasteiger partial charge is 0.480 e. The highest BCUT2D eigenvalue weighted by atomic mass is 16.4. The fraction of sp³-hybridized carbons (Fsp3) is 0.733. The van der Waals surface area contributed by atoms with Crippen LogP contribution in [0.5, 0.6) is 0 Å². The van der Waals surface area contributed by atoms with Crippen LogP contribution in [0.4, 0.5) is 0 Å². The van der Waals surface area contributed by atoms with Crippen molar-refractivity contribution in [1.82, 2.24) is 15.5 Å². The number of nitrogens with one attached hydrogen (secondary N) is 2. The summed E-state index contributed by atoms with van der Waals surface area (Å²) in [6.07, 6.45) is 2.69. The molecule has 2 heterocycles. The lowest BCUT2D eigenvalue weighted by Gasteiger charge is -2.27. The van der Waals surface area contributed by atoms with Gasteiger partial charge in [-0.3, -0.25) is 14.4 Å². The van der Waals surface area contributed by atoms with Gasteiger partial charge in [0.05, 0.1) is 6.04 Å². The summed E-state index contributed by atoms with van der Waals surface area (Å²) in [5, 5.41) is 14.7. The van der Waals surface area contributed by atoms with E-state index in [-0.39, 0.29) is 24.8 Å². The average Bonchev–Trinajstić information content (AvgIpc) is 3.20. The summed E-state index contributed by atoms with van der Waals surface area (Å²) in [5.74, 6) is -2.44. The van der Waals surface area contributed by atoms with Crippen LogP contribution in [0.2, 0.25) is 0 Å². The van der Waals surface area contributed by atoms with Gasteiger partial charge < -0.3 is 26.4 Å². The first-order valence-electron chi connectivity index (χ1n) is 8.25. The fourth-order valence-electron chi connectivity index (χ4n) is 3.21. The van der Waals surface area contributed by atoms with Gasteiger partial charge in [-0.1, -0.05) is 0 Å². The maximum absolute atomic E-state index is 12.5. The number of hydrogen-bond acceptors (Lipinski definition) is 5. The van der Waals surface area contributed by atoms with Crippen LogP contribution in [-0.4, -0.2) is 64.9 Å². The van der Waals surface area contributed by atoms with Crippen LogP contribution in [0.1, 0.15) is 38.5 Å². The molecule has 9 nitrogen and oxygen atoms in total. The van der Waals surface area contributed by atoms with Crippen molar-refractivity contribution in [2.75, 3.05) is 13.1 Å². The third kappa shape index (κ3) is 4.44. The molecular weight excluding hydrogens is 316 g/mol. The molecule has 5 N–H and O–H groups in total. The van der Waals surface area contributed by atoms with Gasteiger partial charge in [-0.2, -0.15) is 0 Å². The maximum Gasteiger partial charge on any atom is 0.326 e. The number of carbonyl (C=O) groups is 4. The summed E-state index contributed by atoms with van der Waals surface area (Å²) in [5.41, 5.74) is 5.02. The highest BCUT2D eigenvalue weighted by molar-refractivity contribution is 5.92. The van der Waals surface area contributed by atoms with Gasteiger partial charge in [0, 0.05) is 13.0 Å². The summed E-state index contributed by atoms with van der Waals surface area (Å²) in [6, 6.07) is -2.11. The van der Waals surface area contributed by atoms with E-state index in [0.29, 0.717) is 19.4 Å². The van der Waals surface area contributed by atoms with Gasteiger partial charge in [0.2, 0.25) is 17.7 Å². The molecule has 134 valence electrons. The Bertz CT molecular complexity index is 518. The third-order valence-corrected chi connectivity index (χ3v) is 4.49. The Labute approximate surface area is 139 Å². The molecule has 2 fully saturated rings. The van der Waals surface area contributed by atoms with Gasteiger partial charge in [-0.05, 0) is 38.6 Å². The quantitative estimate of drug-likeness (QED) is 0.447. The lowest BCUT2D eigenvalue weighted by Crippen LogP contribution is -2.53. The molecule has 2 rings (SSSR count). The van der Waals surface area contributed by atoms with Crippen LogP contribution in [0, 0.1) is 0 Å². The minimum Gasteiger partial charge on any atom is -0.480 e. The molecule has 0 aromatic rings. The van der Waals surface area contributed by atoms with Crippen LogP contribution >= 0.6 is 0 Å². The van der Waals surface area contributed by atoms with E-state index in [0.717, 1.165) is 19.4 Å². The zero-order valence-corrected chi connectivity index (χ0v) is 13.5. The van der Waals surface area contributed by atoms with Crippen molar-refractivity contribution in [3.63, 3.8) is 0 Å². The molecule has 2 aliphatic heterocycles. The van der Waals surface area contributed by atoms with Crippen molar-refractivity contribution >= 4 is 23.7 Å². The summed E-state index contributed by atoms with van der Waals surface area (Å²) in [4.78, 5) is 48.5. The Morgan fingerprint density at radius 2 is 2.00 bits per heavy atom. The molecule has 2 aliphatic rings. The summed E-state index contributed by atoms with van der Waals surface area (Å²) in [6.45, 7) is 1.28. The van der Waals surface area contributed by atoms with Crippen LogP contribution < -0.4 is 16.4 Å². The fourth-order valence-corrected chi connectivity index (χ4v) is 3.21. The van der Waals surface area contributed by atoms with E-state index in [1.54, 1.807) is 0 Å². The number of carboxylic acid groups (broad SMARTS) is 1. The Hall–Kier alpha value is -2.16. The van der Waals surface area contributed by atoms with Crippen molar-refractivity contribution in [1.29, 1.82) is 0 Å². The van der Waals surface area contributed by atoms with Crippen LogP contribution in [-0.2, 0) is 19.2 Å². The zero-order chi connectivity index (χ0) is 17.7. The number of primary amides is 1. The highest BCUT2D eigenvalue weighted by Crippen LogP contribution is 2.21. The smallest absolute Gasteiger partial charge is 0.326 e. The number of amides is 3. The third-order valence-electron chi connectivity index (χ3n) is 4.49. The number of likely N-dealkylation sites (tertiary alicyclic amines) is 1. The second-order valence-electron chi connectivity index (χ2n) is 6.24. The van der Waals surface area contributed by atoms with Crippen molar-refractivity contribution in [3.8, 4) is 0 Å². The molecule has 0 aliphatic carbocycles. The molecule has 0 unspecified atom stereocenters. The zero-order valence-electron chi connectivity index (χ0n) is 13.5. The van der Waals surface area contributed by atoms with E-state index in [9.17, 15) is 19.2 Å². The number of rotatable bonds is 7. The predicted molar refractivity (Wildman–Crippen MR) is 83.8 cm³/mol. The van der Waals surface area contributed by atoms with E-state index in [4.69, 9.17) is 10.8 Å². The monoisotopic (exact) mass is 340 g/mol. The molecular formula is C15H24N4O5. The van der Waals surface area contributed by atoms with Gasteiger partial charge in [-0.15, -0.1) is 0 Å². The van der Waals surface area contributed by atoms with E-state index in [2.05, 4.69) is 10.6 Å². The van der Waals surface area contributed by atoms with Gasteiger partial charge in [0.15, 0.2) is 0 Å².